The van der Waals surface area contributed by atoms with E-state index in [1.54, 1.807) is 0 Å². The molecular formula is C8H15F3N2O. The maximum absolute atomic E-state index is 11.6. The highest BCUT2D eigenvalue weighted by atomic mass is 19.4. The molecule has 1 saturated heterocycles. The van der Waals surface area contributed by atoms with E-state index in [4.69, 9.17) is 0 Å². The van der Waals surface area contributed by atoms with Crippen molar-refractivity contribution < 1.29 is 17.9 Å². The van der Waals surface area contributed by atoms with Gasteiger partial charge in [0.25, 0.3) is 0 Å². The largest absolute Gasteiger partial charge is 0.522 e. The molecule has 14 heavy (non-hydrogen) atoms. The van der Waals surface area contributed by atoms with E-state index in [0.717, 1.165) is 19.6 Å². The number of hydrogen-bond acceptors (Lipinski definition) is 3. The molecule has 0 saturated carbocycles. The van der Waals surface area contributed by atoms with Crippen molar-refractivity contribution in [2.24, 2.45) is 0 Å². The lowest BCUT2D eigenvalue weighted by Crippen LogP contribution is -2.50. The Kier molecular flexibility index (Phi) is 4.15. The van der Waals surface area contributed by atoms with Crippen molar-refractivity contribution in [3.8, 4) is 0 Å². The molecule has 0 bridgehead atoms. The number of hydrogen-bond donors (Lipinski definition) is 1. The molecule has 1 N–H and O–H groups in total. The topological polar surface area (TPSA) is 24.5 Å². The fourth-order valence-electron chi connectivity index (χ4n) is 1.51. The first kappa shape index (κ1) is 11.7. The van der Waals surface area contributed by atoms with E-state index in [9.17, 15) is 13.2 Å². The second-order valence-electron chi connectivity index (χ2n) is 3.45. The average Bonchev–Trinajstić information content (AvgIpc) is 2.01. The lowest BCUT2D eigenvalue weighted by molar-refractivity contribution is -0.325. The zero-order valence-electron chi connectivity index (χ0n) is 8.10. The molecule has 0 radical (unpaired) electrons. The highest BCUT2D eigenvalue weighted by molar-refractivity contribution is 4.74. The number of nitrogens with zero attached hydrogens (tertiary/aromatic N) is 1. The fourth-order valence-corrected chi connectivity index (χ4v) is 1.51. The van der Waals surface area contributed by atoms with Crippen LogP contribution in [0.2, 0.25) is 0 Å². The standard InChI is InChI=1S/C8H15F3N2O/c1-7-6-13(3-2-12-7)4-5-14-8(9,10)11/h7,12H,2-6H2,1H3. The molecule has 84 valence electrons. The van der Waals surface area contributed by atoms with E-state index < -0.39 is 6.36 Å². The Morgan fingerprint density at radius 3 is 2.79 bits per heavy atom. The molecular weight excluding hydrogens is 197 g/mol. The average molecular weight is 212 g/mol. The third-order valence-electron chi connectivity index (χ3n) is 2.13. The van der Waals surface area contributed by atoms with Gasteiger partial charge < -0.3 is 5.32 Å². The zero-order chi connectivity index (χ0) is 10.6. The van der Waals surface area contributed by atoms with Crippen LogP contribution in [0.4, 0.5) is 13.2 Å². The molecule has 3 nitrogen and oxygen atoms in total. The predicted molar refractivity (Wildman–Crippen MR) is 45.9 cm³/mol. The molecule has 6 heteroatoms. The molecule has 1 unspecified atom stereocenters. The number of rotatable bonds is 3. The van der Waals surface area contributed by atoms with E-state index in [1.807, 2.05) is 11.8 Å². The second-order valence-corrected chi connectivity index (χ2v) is 3.45. The summed E-state index contributed by atoms with van der Waals surface area (Å²) in [6.07, 6.45) is -4.50. The Balaban J connectivity index is 2.12. The molecule has 1 atom stereocenters. The van der Waals surface area contributed by atoms with Gasteiger partial charge in [-0.15, -0.1) is 13.2 Å². The molecule has 0 spiro atoms. The summed E-state index contributed by atoms with van der Waals surface area (Å²) in [5.74, 6) is 0. The Morgan fingerprint density at radius 1 is 1.50 bits per heavy atom. The molecule has 0 aliphatic carbocycles. The Morgan fingerprint density at radius 2 is 2.21 bits per heavy atom. The van der Waals surface area contributed by atoms with Crippen LogP contribution in [0.25, 0.3) is 0 Å². The summed E-state index contributed by atoms with van der Waals surface area (Å²) in [4.78, 5) is 1.97. The minimum absolute atomic E-state index is 0.282. The normalized spacial score (nSPS) is 25.3. The zero-order valence-corrected chi connectivity index (χ0v) is 8.10. The fraction of sp³-hybridized carbons (Fsp3) is 1.00. The molecule has 1 fully saturated rings. The smallest absolute Gasteiger partial charge is 0.312 e. The Labute approximate surface area is 81.2 Å². The molecule has 0 aromatic rings. The van der Waals surface area contributed by atoms with Crippen molar-refractivity contribution in [2.75, 3.05) is 32.8 Å². The molecule has 1 heterocycles. The Hall–Kier alpha value is -0.330. The monoisotopic (exact) mass is 212 g/mol. The van der Waals surface area contributed by atoms with E-state index in [-0.39, 0.29) is 6.61 Å². The van der Waals surface area contributed by atoms with Crippen molar-refractivity contribution >= 4 is 0 Å². The van der Waals surface area contributed by atoms with Crippen LogP contribution in [-0.2, 0) is 4.74 Å². The second kappa shape index (κ2) is 4.95. The van der Waals surface area contributed by atoms with E-state index in [2.05, 4.69) is 10.1 Å². The van der Waals surface area contributed by atoms with Crippen LogP contribution < -0.4 is 5.32 Å². The van der Waals surface area contributed by atoms with Crippen molar-refractivity contribution in [1.29, 1.82) is 0 Å². The highest BCUT2D eigenvalue weighted by Crippen LogP contribution is 2.15. The number of alkyl halides is 3. The lowest BCUT2D eigenvalue weighted by atomic mass is 10.2. The van der Waals surface area contributed by atoms with Gasteiger partial charge in [0.2, 0.25) is 0 Å². The van der Waals surface area contributed by atoms with E-state index in [1.165, 1.54) is 0 Å². The molecule has 1 rings (SSSR count). The SMILES string of the molecule is CC1CN(CCOC(F)(F)F)CCN1. The minimum atomic E-state index is -4.50. The molecule has 0 amide bonds. The summed E-state index contributed by atoms with van der Waals surface area (Å²) < 4.78 is 38.6. The van der Waals surface area contributed by atoms with Crippen LogP contribution in [0.5, 0.6) is 0 Å². The van der Waals surface area contributed by atoms with Crippen LogP contribution in [0.1, 0.15) is 6.92 Å². The number of ether oxygens (including phenoxy) is 1. The van der Waals surface area contributed by atoms with Crippen molar-refractivity contribution in [3.63, 3.8) is 0 Å². The van der Waals surface area contributed by atoms with Gasteiger partial charge in [-0.2, -0.15) is 0 Å². The Bertz CT molecular complexity index is 174. The van der Waals surface area contributed by atoms with E-state index in [0.29, 0.717) is 12.6 Å². The van der Waals surface area contributed by atoms with Gasteiger partial charge in [-0.3, -0.25) is 9.64 Å². The highest BCUT2D eigenvalue weighted by Gasteiger charge is 2.29. The van der Waals surface area contributed by atoms with Gasteiger partial charge in [-0.1, -0.05) is 0 Å². The summed E-state index contributed by atoms with van der Waals surface area (Å²) >= 11 is 0. The summed E-state index contributed by atoms with van der Waals surface area (Å²) in [7, 11) is 0. The van der Waals surface area contributed by atoms with Crippen molar-refractivity contribution in [3.05, 3.63) is 0 Å². The molecule has 0 aromatic carbocycles. The molecule has 1 aliphatic heterocycles. The van der Waals surface area contributed by atoms with Crippen molar-refractivity contribution in [1.82, 2.24) is 10.2 Å². The summed E-state index contributed by atoms with van der Waals surface area (Å²) in [5.41, 5.74) is 0. The first-order chi connectivity index (χ1) is 6.47. The van der Waals surface area contributed by atoms with Gasteiger partial charge in [-0.05, 0) is 6.92 Å². The van der Waals surface area contributed by atoms with E-state index >= 15 is 0 Å². The first-order valence-corrected chi connectivity index (χ1v) is 4.64. The number of nitrogens with one attached hydrogen (secondary N) is 1. The van der Waals surface area contributed by atoms with Crippen LogP contribution in [0.3, 0.4) is 0 Å². The maximum Gasteiger partial charge on any atom is 0.522 e. The quantitative estimate of drug-likeness (QED) is 0.749. The molecule has 1 aliphatic rings. The predicted octanol–water partition coefficient (Wildman–Crippen LogP) is 0.817. The first-order valence-electron chi connectivity index (χ1n) is 4.64. The third-order valence-corrected chi connectivity index (χ3v) is 2.13. The third kappa shape index (κ3) is 4.78. The minimum Gasteiger partial charge on any atom is -0.312 e. The number of piperazine rings is 1. The van der Waals surface area contributed by atoms with Gasteiger partial charge in [-0.25, -0.2) is 0 Å². The van der Waals surface area contributed by atoms with Gasteiger partial charge in [0.15, 0.2) is 0 Å². The van der Waals surface area contributed by atoms with Gasteiger partial charge in [0.05, 0.1) is 6.61 Å². The van der Waals surface area contributed by atoms with Crippen molar-refractivity contribution in [2.45, 2.75) is 19.3 Å². The van der Waals surface area contributed by atoms with Gasteiger partial charge in [0.1, 0.15) is 0 Å². The number of halogens is 3. The summed E-state index contributed by atoms with van der Waals surface area (Å²) in [6.45, 7) is 4.46. The molecule has 0 aromatic heterocycles. The van der Waals surface area contributed by atoms with Crippen LogP contribution in [0.15, 0.2) is 0 Å². The summed E-state index contributed by atoms with van der Waals surface area (Å²) in [6, 6.07) is 0.342. The lowest BCUT2D eigenvalue weighted by Gasteiger charge is -2.31. The van der Waals surface area contributed by atoms with Gasteiger partial charge in [0, 0.05) is 32.2 Å². The summed E-state index contributed by atoms with van der Waals surface area (Å²) in [5, 5.41) is 3.21. The maximum atomic E-state index is 11.6. The van der Waals surface area contributed by atoms with Crippen LogP contribution in [0, 0.1) is 0 Å². The van der Waals surface area contributed by atoms with Crippen LogP contribution >= 0.6 is 0 Å². The van der Waals surface area contributed by atoms with Crippen LogP contribution in [-0.4, -0.2) is 50.1 Å². The van der Waals surface area contributed by atoms with Gasteiger partial charge >= 0.3 is 6.36 Å².